The molecule has 1 amide bonds. The van der Waals surface area contributed by atoms with Crippen LogP contribution in [0.2, 0.25) is 0 Å². The first-order valence-electron chi connectivity index (χ1n) is 5.37. The molecule has 0 saturated carbocycles. The highest BCUT2D eigenvalue weighted by Crippen LogP contribution is 2.16. The molecule has 1 N–H and O–H groups in total. The Morgan fingerprint density at radius 2 is 2.32 bits per heavy atom. The second-order valence-corrected chi connectivity index (χ2v) is 4.36. The van der Waals surface area contributed by atoms with Crippen molar-refractivity contribution in [3.8, 4) is 6.07 Å². The molecule has 2 rings (SSSR count). The molecule has 96 valence electrons. The van der Waals surface area contributed by atoms with Gasteiger partial charge < -0.3 is 14.2 Å². The van der Waals surface area contributed by atoms with Crippen LogP contribution >= 0.6 is 15.9 Å². The van der Waals surface area contributed by atoms with E-state index in [0.717, 1.165) is 0 Å². The van der Waals surface area contributed by atoms with E-state index in [9.17, 15) is 4.79 Å². The third kappa shape index (κ3) is 3.60. The Balaban J connectivity index is 2.03. The summed E-state index contributed by atoms with van der Waals surface area (Å²) in [6.45, 7) is 0.229. The highest BCUT2D eigenvalue weighted by molar-refractivity contribution is 9.10. The molecule has 0 aliphatic rings. The van der Waals surface area contributed by atoms with Crippen molar-refractivity contribution in [2.24, 2.45) is 0 Å². The van der Waals surface area contributed by atoms with Crippen LogP contribution in [0.5, 0.6) is 0 Å². The number of amides is 1. The Morgan fingerprint density at radius 3 is 2.89 bits per heavy atom. The van der Waals surface area contributed by atoms with Crippen LogP contribution in [0.1, 0.15) is 11.5 Å². The Labute approximate surface area is 117 Å². The van der Waals surface area contributed by atoms with Gasteiger partial charge >= 0.3 is 0 Å². The summed E-state index contributed by atoms with van der Waals surface area (Å²) in [5.74, 6) is 0.564. The molecule has 0 aliphatic heterocycles. The van der Waals surface area contributed by atoms with Gasteiger partial charge in [0.2, 0.25) is 0 Å². The number of rotatable bonds is 4. The fraction of sp³-hybridized carbons (Fsp3) is 0.0769. The third-order valence-electron chi connectivity index (χ3n) is 2.25. The third-order valence-corrected chi connectivity index (χ3v) is 2.68. The second-order valence-electron chi connectivity index (χ2n) is 3.57. The molecule has 0 aliphatic carbocycles. The molecule has 6 heteroatoms. The summed E-state index contributed by atoms with van der Waals surface area (Å²) < 4.78 is 10.8. The van der Waals surface area contributed by atoms with Gasteiger partial charge in [0.1, 0.15) is 23.2 Å². The maximum absolute atomic E-state index is 11.8. The first kappa shape index (κ1) is 13.2. The van der Waals surface area contributed by atoms with Gasteiger partial charge in [0, 0.05) is 6.08 Å². The average Bonchev–Trinajstić information content (AvgIpc) is 3.04. The van der Waals surface area contributed by atoms with Crippen LogP contribution in [-0.2, 0) is 11.3 Å². The largest absolute Gasteiger partial charge is 0.467 e. The normalized spacial score (nSPS) is 11.1. The van der Waals surface area contributed by atoms with Gasteiger partial charge in [-0.1, -0.05) is 0 Å². The Kier molecular flexibility index (Phi) is 4.21. The van der Waals surface area contributed by atoms with Crippen molar-refractivity contribution in [2.75, 3.05) is 0 Å². The minimum atomic E-state index is -0.480. The highest BCUT2D eigenvalue weighted by atomic mass is 79.9. The Morgan fingerprint density at radius 1 is 1.47 bits per heavy atom. The zero-order valence-corrected chi connectivity index (χ0v) is 11.3. The fourth-order valence-electron chi connectivity index (χ4n) is 1.37. The fourth-order valence-corrected chi connectivity index (χ4v) is 1.69. The molecule has 0 bridgehead atoms. The van der Waals surface area contributed by atoms with E-state index >= 15 is 0 Å². The van der Waals surface area contributed by atoms with Crippen molar-refractivity contribution in [1.29, 1.82) is 5.26 Å². The standard InChI is InChI=1S/C13H9BrN2O3/c14-12-4-3-10(19-12)6-9(7-15)13(17)16-8-11-2-1-5-18-11/h1-6H,8H2,(H,16,17)/b9-6+. The van der Waals surface area contributed by atoms with Crippen molar-refractivity contribution >= 4 is 27.9 Å². The lowest BCUT2D eigenvalue weighted by atomic mass is 10.2. The first-order valence-corrected chi connectivity index (χ1v) is 6.16. The van der Waals surface area contributed by atoms with Crippen LogP contribution in [0.3, 0.4) is 0 Å². The van der Waals surface area contributed by atoms with E-state index in [1.54, 1.807) is 24.3 Å². The van der Waals surface area contributed by atoms with E-state index in [1.807, 2.05) is 6.07 Å². The maximum atomic E-state index is 11.8. The van der Waals surface area contributed by atoms with Crippen LogP contribution < -0.4 is 5.32 Å². The summed E-state index contributed by atoms with van der Waals surface area (Å²) in [6.07, 6.45) is 2.89. The van der Waals surface area contributed by atoms with E-state index in [-0.39, 0.29) is 12.1 Å². The lowest BCUT2D eigenvalue weighted by Crippen LogP contribution is -2.23. The van der Waals surface area contributed by atoms with Crippen molar-refractivity contribution in [2.45, 2.75) is 6.54 Å². The van der Waals surface area contributed by atoms with Crippen LogP contribution in [-0.4, -0.2) is 5.91 Å². The number of hydrogen-bond acceptors (Lipinski definition) is 4. The lowest BCUT2D eigenvalue weighted by molar-refractivity contribution is -0.117. The summed E-state index contributed by atoms with van der Waals surface area (Å²) in [5.41, 5.74) is -0.0339. The van der Waals surface area contributed by atoms with Gasteiger partial charge in [0.05, 0.1) is 12.8 Å². The van der Waals surface area contributed by atoms with Crippen LogP contribution in [0.15, 0.2) is 49.6 Å². The molecule has 0 radical (unpaired) electrons. The van der Waals surface area contributed by atoms with Crippen LogP contribution in [0, 0.1) is 11.3 Å². The summed E-state index contributed by atoms with van der Waals surface area (Å²) in [6, 6.07) is 8.63. The quantitative estimate of drug-likeness (QED) is 0.694. The van der Waals surface area contributed by atoms with Crippen LogP contribution in [0.4, 0.5) is 0 Å². The number of hydrogen-bond donors (Lipinski definition) is 1. The molecule has 0 saturated heterocycles. The molecular weight excluding hydrogens is 312 g/mol. The van der Waals surface area contributed by atoms with Crippen molar-refractivity contribution < 1.29 is 13.6 Å². The van der Waals surface area contributed by atoms with E-state index in [0.29, 0.717) is 16.2 Å². The SMILES string of the molecule is N#C/C(=C\c1ccc(Br)o1)C(=O)NCc1ccco1. The molecule has 0 unspecified atom stereocenters. The molecule has 0 fully saturated rings. The van der Waals surface area contributed by atoms with E-state index in [4.69, 9.17) is 14.1 Å². The van der Waals surface area contributed by atoms with Gasteiger partial charge in [-0.3, -0.25) is 4.79 Å². The summed E-state index contributed by atoms with van der Waals surface area (Å²) in [4.78, 5) is 11.8. The smallest absolute Gasteiger partial charge is 0.262 e. The molecule has 2 aromatic rings. The average molecular weight is 321 g/mol. The Bertz CT molecular complexity index is 635. The number of nitrogens with one attached hydrogen (secondary N) is 1. The zero-order valence-electron chi connectivity index (χ0n) is 9.72. The Hall–Kier alpha value is -2.26. The van der Waals surface area contributed by atoms with Gasteiger partial charge in [0.15, 0.2) is 4.67 Å². The molecular formula is C13H9BrN2O3. The van der Waals surface area contributed by atoms with Gasteiger partial charge in [-0.05, 0) is 40.2 Å². The van der Waals surface area contributed by atoms with Crippen molar-refractivity contribution in [3.05, 3.63) is 52.3 Å². The lowest BCUT2D eigenvalue weighted by Gasteiger charge is -2.01. The predicted molar refractivity (Wildman–Crippen MR) is 70.6 cm³/mol. The molecule has 2 heterocycles. The molecule has 5 nitrogen and oxygen atoms in total. The topological polar surface area (TPSA) is 79.2 Å². The molecule has 19 heavy (non-hydrogen) atoms. The minimum Gasteiger partial charge on any atom is -0.467 e. The van der Waals surface area contributed by atoms with E-state index < -0.39 is 5.91 Å². The molecule has 0 aromatic carbocycles. The number of halogens is 1. The number of carbonyl (C=O) groups is 1. The van der Waals surface area contributed by atoms with Gasteiger partial charge in [-0.2, -0.15) is 5.26 Å². The predicted octanol–water partition coefficient (Wildman–Crippen LogP) is 2.86. The number of carbonyl (C=O) groups excluding carboxylic acids is 1. The minimum absolute atomic E-state index is 0.0339. The molecule has 2 aromatic heterocycles. The first-order chi connectivity index (χ1) is 9.19. The second kappa shape index (κ2) is 6.07. The van der Waals surface area contributed by atoms with E-state index in [1.165, 1.54) is 12.3 Å². The maximum Gasteiger partial charge on any atom is 0.262 e. The van der Waals surface area contributed by atoms with Gasteiger partial charge in [0.25, 0.3) is 5.91 Å². The number of furan rings is 2. The summed E-state index contributed by atoms with van der Waals surface area (Å²) in [5, 5.41) is 11.6. The van der Waals surface area contributed by atoms with Gasteiger partial charge in [-0.25, -0.2) is 0 Å². The molecule has 0 spiro atoms. The number of nitrogens with zero attached hydrogens (tertiary/aromatic N) is 1. The van der Waals surface area contributed by atoms with Gasteiger partial charge in [-0.15, -0.1) is 0 Å². The summed E-state index contributed by atoms with van der Waals surface area (Å²) in [7, 11) is 0. The van der Waals surface area contributed by atoms with E-state index in [2.05, 4.69) is 21.2 Å². The van der Waals surface area contributed by atoms with Crippen molar-refractivity contribution in [3.63, 3.8) is 0 Å². The number of nitriles is 1. The zero-order chi connectivity index (χ0) is 13.7. The summed E-state index contributed by atoms with van der Waals surface area (Å²) >= 11 is 3.15. The van der Waals surface area contributed by atoms with Crippen molar-refractivity contribution in [1.82, 2.24) is 5.32 Å². The monoisotopic (exact) mass is 320 g/mol. The van der Waals surface area contributed by atoms with Crippen LogP contribution in [0.25, 0.3) is 6.08 Å². The molecule has 0 atom stereocenters. The highest BCUT2D eigenvalue weighted by Gasteiger charge is 2.10.